The van der Waals surface area contributed by atoms with Crippen molar-refractivity contribution in [2.24, 2.45) is 0 Å². The van der Waals surface area contributed by atoms with Crippen LogP contribution in [-0.2, 0) is 11.2 Å². The molecule has 1 saturated carbocycles. The fourth-order valence-corrected chi connectivity index (χ4v) is 3.57. The standard InChI is InChI=1S/C21H22N4O/c26-20(22-17-11-7-8-12-17)15-19-21(16-9-3-1-4-10-16)25(24-23-19)18-13-5-2-6-14-18/h1-6,9-10,13-14,17H,7-8,11-12,15H2,(H,22,26). The Morgan fingerprint density at radius 3 is 2.35 bits per heavy atom. The number of hydrogen-bond acceptors (Lipinski definition) is 3. The quantitative estimate of drug-likeness (QED) is 0.769. The molecule has 1 N–H and O–H groups in total. The minimum absolute atomic E-state index is 0.0224. The van der Waals surface area contributed by atoms with E-state index in [4.69, 9.17) is 0 Å². The highest BCUT2D eigenvalue weighted by Crippen LogP contribution is 2.25. The van der Waals surface area contributed by atoms with Gasteiger partial charge in [0.25, 0.3) is 0 Å². The number of nitrogens with zero attached hydrogens (tertiary/aromatic N) is 3. The Morgan fingerprint density at radius 1 is 1.00 bits per heavy atom. The highest BCUT2D eigenvalue weighted by atomic mass is 16.1. The van der Waals surface area contributed by atoms with Gasteiger partial charge in [-0.05, 0) is 25.0 Å². The van der Waals surface area contributed by atoms with Gasteiger partial charge in [0, 0.05) is 11.6 Å². The van der Waals surface area contributed by atoms with E-state index in [2.05, 4.69) is 15.6 Å². The monoisotopic (exact) mass is 346 g/mol. The van der Waals surface area contributed by atoms with Crippen molar-refractivity contribution >= 4 is 5.91 Å². The average molecular weight is 346 g/mol. The van der Waals surface area contributed by atoms with Crippen molar-refractivity contribution in [2.75, 3.05) is 0 Å². The Hall–Kier alpha value is -2.95. The summed E-state index contributed by atoms with van der Waals surface area (Å²) in [4.78, 5) is 12.5. The topological polar surface area (TPSA) is 59.8 Å². The maximum absolute atomic E-state index is 12.5. The van der Waals surface area contributed by atoms with Gasteiger partial charge in [-0.25, -0.2) is 4.68 Å². The summed E-state index contributed by atoms with van der Waals surface area (Å²) in [5, 5.41) is 11.8. The van der Waals surface area contributed by atoms with Crippen LogP contribution in [0, 0.1) is 0 Å². The van der Waals surface area contributed by atoms with Gasteiger partial charge in [0.15, 0.2) is 0 Å². The van der Waals surface area contributed by atoms with E-state index in [1.807, 2.05) is 65.3 Å². The molecule has 1 aliphatic rings. The molecule has 1 aromatic heterocycles. The molecule has 26 heavy (non-hydrogen) atoms. The van der Waals surface area contributed by atoms with Crippen LogP contribution in [0.3, 0.4) is 0 Å². The predicted octanol–water partition coefficient (Wildman–Crippen LogP) is 3.54. The van der Waals surface area contributed by atoms with E-state index in [1.165, 1.54) is 12.8 Å². The maximum atomic E-state index is 12.5. The van der Waals surface area contributed by atoms with Crippen LogP contribution in [-0.4, -0.2) is 26.9 Å². The van der Waals surface area contributed by atoms with Crippen LogP contribution in [0.5, 0.6) is 0 Å². The molecular weight excluding hydrogens is 324 g/mol. The molecule has 1 amide bonds. The molecule has 0 aliphatic heterocycles. The Morgan fingerprint density at radius 2 is 1.65 bits per heavy atom. The summed E-state index contributed by atoms with van der Waals surface area (Å²) in [5.41, 5.74) is 3.51. The molecule has 5 heteroatoms. The molecule has 3 aromatic rings. The number of nitrogens with one attached hydrogen (secondary N) is 1. The predicted molar refractivity (Wildman–Crippen MR) is 101 cm³/mol. The lowest BCUT2D eigenvalue weighted by atomic mass is 10.1. The molecule has 0 atom stereocenters. The second-order valence-electron chi connectivity index (χ2n) is 6.72. The molecule has 0 radical (unpaired) electrons. The van der Waals surface area contributed by atoms with E-state index in [0.717, 1.165) is 29.8 Å². The zero-order valence-electron chi connectivity index (χ0n) is 14.6. The molecule has 1 aliphatic carbocycles. The Kier molecular flexibility index (Phi) is 4.78. The van der Waals surface area contributed by atoms with Gasteiger partial charge in [0.1, 0.15) is 5.69 Å². The summed E-state index contributed by atoms with van der Waals surface area (Å²) in [6.07, 6.45) is 4.80. The molecule has 0 saturated heterocycles. The van der Waals surface area contributed by atoms with Gasteiger partial charge < -0.3 is 5.32 Å². The second-order valence-corrected chi connectivity index (χ2v) is 6.72. The normalized spacial score (nSPS) is 14.5. The first kappa shape index (κ1) is 16.5. The summed E-state index contributed by atoms with van der Waals surface area (Å²) in [6, 6.07) is 20.2. The van der Waals surface area contributed by atoms with E-state index in [1.54, 1.807) is 0 Å². The summed E-state index contributed by atoms with van der Waals surface area (Å²) < 4.78 is 1.81. The highest BCUT2D eigenvalue weighted by Gasteiger charge is 2.21. The van der Waals surface area contributed by atoms with Crippen LogP contribution in [0.25, 0.3) is 16.9 Å². The first-order chi connectivity index (χ1) is 12.8. The lowest BCUT2D eigenvalue weighted by molar-refractivity contribution is -0.121. The van der Waals surface area contributed by atoms with Gasteiger partial charge in [-0.3, -0.25) is 4.79 Å². The fourth-order valence-electron chi connectivity index (χ4n) is 3.57. The largest absolute Gasteiger partial charge is 0.353 e. The third kappa shape index (κ3) is 3.52. The van der Waals surface area contributed by atoms with Crippen LogP contribution in [0.1, 0.15) is 31.4 Å². The molecule has 0 spiro atoms. The maximum Gasteiger partial charge on any atom is 0.226 e. The summed E-state index contributed by atoms with van der Waals surface area (Å²) in [7, 11) is 0. The van der Waals surface area contributed by atoms with Crippen molar-refractivity contribution in [3.63, 3.8) is 0 Å². The van der Waals surface area contributed by atoms with Crippen molar-refractivity contribution in [1.82, 2.24) is 20.3 Å². The fraction of sp³-hybridized carbons (Fsp3) is 0.286. The molecule has 0 bridgehead atoms. The van der Waals surface area contributed by atoms with E-state index in [9.17, 15) is 4.79 Å². The average Bonchev–Trinajstić information content (AvgIpc) is 3.33. The first-order valence-corrected chi connectivity index (χ1v) is 9.16. The molecule has 1 heterocycles. The van der Waals surface area contributed by atoms with Crippen LogP contribution in [0.2, 0.25) is 0 Å². The number of hydrogen-bond donors (Lipinski definition) is 1. The molecule has 2 aromatic carbocycles. The van der Waals surface area contributed by atoms with Crippen LogP contribution in [0.15, 0.2) is 60.7 Å². The van der Waals surface area contributed by atoms with E-state index in [-0.39, 0.29) is 12.3 Å². The number of carbonyl (C=O) groups excluding carboxylic acids is 1. The van der Waals surface area contributed by atoms with Gasteiger partial charge in [-0.15, -0.1) is 5.10 Å². The molecule has 1 fully saturated rings. The Labute approximate surface area is 153 Å². The minimum Gasteiger partial charge on any atom is -0.353 e. The second kappa shape index (κ2) is 7.52. The van der Waals surface area contributed by atoms with Crippen LogP contribution >= 0.6 is 0 Å². The van der Waals surface area contributed by atoms with E-state index >= 15 is 0 Å². The van der Waals surface area contributed by atoms with Crippen molar-refractivity contribution in [1.29, 1.82) is 0 Å². The van der Waals surface area contributed by atoms with Crippen molar-refractivity contribution in [3.8, 4) is 16.9 Å². The van der Waals surface area contributed by atoms with Crippen LogP contribution in [0.4, 0.5) is 0 Å². The Balaban J connectivity index is 1.66. The zero-order valence-corrected chi connectivity index (χ0v) is 14.6. The summed E-state index contributed by atoms with van der Waals surface area (Å²) in [5.74, 6) is 0.0224. The first-order valence-electron chi connectivity index (χ1n) is 9.16. The van der Waals surface area contributed by atoms with Gasteiger partial charge in [0.05, 0.1) is 17.8 Å². The van der Waals surface area contributed by atoms with E-state index in [0.29, 0.717) is 11.7 Å². The number of rotatable bonds is 5. The number of amides is 1. The number of benzene rings is 2. The van der Waals surface area contributed by atoms with Crippen molar-refractivity contribution in [2.45, 2.75) is 38.1 Å². The van der Waals surface area contributed by atoms with Crippen molar-refractivity contribution < 1.29 is 4.79 Å². The smallest absolute Gasteiger partial charge is 0.226 e. The van der Waals surface area contributed by atoms with Gasteiger partial charge >= 0.3 is 0 Å². The van der Waals surface area contributed by atoms with Gasteiger partial charge in [-0.2, -0.15) is 0 Å². The van der Waals surface area contributed by atoms with E-state index < -0.39 is 0 Å². The SMILES string of the molecule is O=C(Cc1nnn(-c2ccccc2)c1-c1ccccc1)NC1CCCC1. The lowest BCUT2D eigenvalue weighted by Crippen LogP contribution is -2.33. The number of carbonyl (C=O) groups is 1. The highest BCUT2D eigenvalue weighted by molar-refractivity contribution is 5.81. The van der Waals surface area contributed by atoms with Gasteiger partial charge in [-0.1, -0.05) is 66.6 Å². The molecule has 132 valence electrons. The summed E-state index contributed by atoms with van der Waals surface area (Å²) in [6.45, 7) is 0. The summed E-state index contributed by atoms with van der Waals surface area (Å²) >= 11 is 0. The molecule has 5 nitrogen and oxygen atoms in total. The number of aromatic nitrogens is 3. The lowest BCUT2D eigenvalue weighted by Gasteiger charge is -2.12. The zero-order chi connectivity index (χ0) is 17.8. The minimum atomic E-state index is 0.0224. The number of para-hydroxylation sites is 1. The van der Waals surface area contributed by atoms with Crippen LogP contribution < -0.4 is 5.32 Å². The Bertz CT molecular complexity index is 868. The molecule has 0 unspecified atom stereocenters. The van der Waals surface area contributed by atoms with Gasteiger partial charge in [0.2, 0.25) is 5.91 Å². The molecular formula is C21H22N4O. The third-order valence-corrected chi connectivity index (χ3v) is 4.84. The molecule has 4 rings (SSSR count). The van der Waals surface area contributed by atoms with Crippen molar-refractivity contribution in [3.05, 3.63) is 66.4 Å². The third-order valence-electron chi connectivity index (χ3n) is 4.84.